The monoisotopic (exact) mass is 441 g/mol. The van der Waals surface area contributed by atoms with Gasteiger partial charge in [-0.15, -0.1) is 0 Å². The van der Waals surface area contributed by atoms with Crippen LogP contribution in [0.25, 0.3) is 11.1 Å². The number of likely N-dealkylation sites (tertiary alicyclic amines) is 1. The Bertz CT molecular complexity index is 1130. The average Bonchev–Trinajstić information content (AvgIpc) is 3.28. The van der Waals surface area contributed by atoms with Gasteiger partial charge >= 0.3 is 0 Å². The van der Waals surface area contributed by atoms with E-state index < -0.39 is 5.41 Å². The molecule has 33 heavy (non-hydrogen) atoms. The Morgan fingerprint density at radius 3 is 2.70 bits per heavy atom. The first-order valence-corrected chi connectivity index (χ1v) is 11.6. The number of hydrogen-bond acceptors (Lipinski definition) is 3. The van der Waals surface area contributed by atoms with E-state index in [4.69, 9.17) is 0 Å². The minimum absolute atomic E-state index is 0.0323. The maximum atomic E-state index is 13.5. The number of carbonyl (C=O) groups is 2. The van der Waals surface area contributed by atoms with Crippen LogP contribution in [0.4, 0.5) is 0 Å². The normalized spacial score (nSPS) is 17.7. The highest BCUT2D eigenvalue weighted by Crippen LogP contribution is 2.38. The number of nitrogens with zero attached hydrogens (tertiary/aromatic N) is 2. The van der Waals surface area contributed by atoms with Crippen LogP contribution < -0.4 is 5.32 Å². The number of carbonyl (C=O) groups excluding carboxylic acids is 2. The van der Waals surface area contributed by atoms with Gasteiger partial charge in [-0.2, -0.15) is 0 Å². The molecule has 5 nitrogen and oxygen atoms in total. The van der Waals surface area contributed by atoms with Crippen LogP contribution in [-0.2, 0) is 11.2 Å². The SMILES string of the molecule is CCCNC(=O)[C@@]1(Cc2ccccc2-c2cccc(C)c2)CCN(C(=O)c2cccnc2)C1. The lowest BCUT2D eigenvalue weighted by atomic mass is 9.78. The highest BCUT2D eigenvalue weighted by Gasteiger charge is 2.46. The quantitative estimate of drug-likeness (QED) is 0.580. The summed E-state index contributed by atoms with van der Waals surface area (Å²) in [6.45, 7) is 5.73. The van der Waals surface area contributed by atoms with Gasteiger partial charge in [0.15, 0.2) is 0 Å². The zero-order valence-electron chi connectivity index (χ0n) is 19.4. The molecule has 2 heterocycles. The van der Waals surface area contributed by atoms with Gasteiger partial charge in [-0.3, -0.25) is 14.6 Å². The molecule has 4 rings (SSSR count). The van der Waals surface area contributed by atoms with Crippen molar-refractivity contribution in [3.05, 3.63) is 89.7 Å². The lowest BCUT2D eigenvalue weighted by Gasteiger charge is -2.29. The van der Waals surface area contributed by atoms with Gasteiger partial charge in [0.05, 0.1) is 11.0 Å². The number of aryl methyl sites for hydroxylation is 1. The van der Waals surface area contributed by atoms with Crippen LogP contribution in [0, 0.1) is 12.3 Å². The van der Waals surface area contributed by atoms with Gasteiger partial charge < -0.3 is 10.2 Å². The molecule has 0 unspecified atom stereocenters. The molecule has 1 aliphatic rings. The maximum absolute atomic E-state index is 13.5. The molecule has 1 aromatic heterocycles. The van der Waals surface area contributed by atoms with Crippen molar-refractivity contribution in [1.82, 2.24) is 15.2 Å². The highest BCUT2D eigenvalue weighted by molar-refractivity contribution is 5.95. The predicted molar refractivity (Wildman–Crippen MR) is 131 cm³/mol. The summed E-state index contributed by atoms with van der Waals surface area (Å²) in [6, 6.07) is 20.3. The molecule has 1 N–H and O–H groups in total. The first kappa shape index (κ1) is 22.7. The Kier molecular flexibility index (Phi) is 6.87. The fourth-order valence-corrected chi connectivity index (χ4v) is 4.69. The third kappa shape index (κ3) is 4.98. The van der Waals surface area contributed by atoms with Crippen molar-refractivity contribution in [3.63, 3.8) is 0 Å². The largest absolute Gasteiger partial charge is 0.356 e. The molecule has 170 valence electrons. The van der Waals surface area contributed by atoms with Crippen LogP contribution in [0.3, 0.4) is 0 Å². The van der Waals surface area contributed by atoms with Crippen molar-refractivity contribution in [2.75, 3.05) is 19.6 Å². The molecule has 3 aromatic rings. The number of rotatable bonds is 7. The van der Waals surface area contributed by atoms with Gasteiger partial charge in [0, 0.05) is 32.0 Å². The van der Waals surface area contributed by atoms with Crippen molar-refractivity contribution in [2.24, 2.45) is 5.41 Å². The zero-order chi connectivity index (χ0) is 23.3. The topological polar surface area (TPSA) is 62.3 Å². The number of hydrogen-bond donors (Lipinski definition) is 1. The molecule has 2 amide bonds. The van der Waals surface area contributed by atoms with E-state index in [1.54, 1.807) is 29.4 Å². The van der Waals surface area contributed by atoms with E-state index in [0.29, 0.717) is 38.0 Å². The summed E-state index contributed by atoms with van der Waals surface area (Å²) >= 11 is 0. The second kappa shape index (κ2) is 9.99. The number of nitrogens with one attached hydrogen (secondary N) is 1. The van der Waals surface area contributed by atoms with Crippen LogP contribution in [0.5, 0.6) is 0 Å². The van der Waals surface area contributed by atoms with Crippen molar-refractivity contribution < 1.29 is 9.59 Å². The standard InChI is InChI=1S/C28H31N3O2/c1-3-14-30-27(33)28(13-16-31(20-28)26(32)24-11-7-15-29-19-24)18-23-9-4-5-12-25(23)22-10-6-8-21(2)17-22/h4-12,15,17,19H,3,13-14,16,18,20H2,1-2H3,(H,30,33)/t28-/m1/s1. The molecule has 1 fully saturated rings. The summed E-state index contributed by atoms with van der Waals surface area (Å²) in [4.78, 5) is 32.5. The minimum Gasteiger partial charge on any atom is -0.356 e. The maximum Gasteiger partial charge on any atom is 0.255 e. The summed E-state index contributed by atoms with van der Waals surface area (Å²) in [5, 5.41) is 3.11. The number of aromatic nitrogens is 1. The lowest BCUT2D eigenvalue weighted by molar-refractivity contribution is -0.130. The molecule has 1 atom stereocenters. The first-order valence-electron chi connectivity index (χ1n) is 11.6. The van der Waals surface area contributed by atoms with Crippen LogP contribution >= 0.6 is 0 Å². The summed E-state index contributed by atoms with van der Waals surface area (Å²) in [5.74, 6) is -0.0369. The second-order valence-electron chi connectivity index (χ2n) is 8.96. The van der Waals surface area contributed by atoms with Crippen molar-refractivity contribution in [3.8, 4) is 11.1 Å². The first-order chi connectivity index (χ1) is 16.0. The van der Waals surface area contributed by atoms with Crippen molar-refractivity contribution >= 4 is 11.8 Å². The Morgan fingerprint density at radius 2 is 1.94 bits per heavy atom. The van der Waals surface area contributed by atoms with Crippen LogP contribution in [0.1, 0.15) is 41.3 Å². The van der Waals surface area contributed by atoms with Gasteiger partial charge in [-0.1, -0.05) is 61.0 Å². The van der Waals surface area contributed by atoms with Gasteiger partial charge in [0.25, 0.3) is 5.91 Å². The second-order valence-corrected chi connectivity index (χ2v) is 8.96. The van der Waals surface area contributed by atoms with Crippen LogP contribution in [0.15, 0.2) is 73.1 Å². The predicted octanol–water partition coefficient (Wildman–Crippen LogP) is 4.66. The van der Waals surface area contributed by atoms with Crippen LogP contribution in [0.2, 0.25) is 0 Å². The van der Waals surface area contributed by atoms with E-state index in [1.165, 1.54) is 5.56 Å². The van der Waals surface area contributed by atoms with E-state index in [9.17, 15) is 9.59 Å². The Labute approximate surface area is 195 Å². The molecule has 1 saturated heterocycles. The molecule has 0 spiro atoms. The molecular weight excluding hydrogens is 410 g/mol. The fraction of sp³-hybridized carbons (Fsp3) is 0.321. The van der Waals surface area contributed by atoms with Crippen molar-refractivity contribution in [1.29, 1.82) is 0 Å². The summed E-state index contributed by atoms with van der Waals surface area (Å²) in [5.41, 5.74) is 4.52. The summed E-state index contributed by atoms with van der Waals surface area (Å²) < 4.78 is 0. The zero-order valence-corrected chi connectivity index (χ0v) is 19.4. The van der Waals surface area contributed by atoms with Gasteiger partial charge in [-0.25, -0.2) is 0 Å². The molecule has 0 bridgehead atoms. The Morgan fingerprint density at radius 1 is 1.09 bits per heavy atom. The Balaban J connectivity index is 1.66. The number of pyridine rings is 1. The van der Waals surface area contributed by atoms with Crippen molar-refractivity contribution in [2.45, 2.75) is 33.1 Å². The molecule has 5 heteroatoms. The molecule has 0 saturated carbocycles. The summed E-state index contributed by atoms with van der Waals surface area (Å²) in [7, 11) is 0. The third-order valence-corrected chi connectivity index (χ3v) is 6.44. The minimum atomic E-state index is -0.660. The van der Waals surface area contributed by atoms with Gasteiger partial charge in [0.2, 0.25) is 5.91 Å². The van der Waals surface area contributed by atoms with E-state index in [2.05, 4.69) is 53.6 Å². The number of amides is 2. The van der Waals surface area contributed by atoms with Gasteiger partial charge in [-0.05, 0) is 55.0 Å². The van der Waals surface area contributed by atoms with E-state index in [-0.39, 0.29) is 11.8 Å². The van der Waals surface area contributed by atoms with E-state index >= 15 is 0 Å². The molecule has 0 radical (unpaired) electrons. The number of benzene rings is 2. The molecule has 0 aliphatic carbocycles. The fourth-order valence-electron chi connectivity index (χ4n) is 4.69. The van der Waals surface area contributed by atoms with Crippen LogP contribution in [-0.4, -0.2) is 41.3 Å². The van der Waals surface area contributed by atoms with E-state index in [0.717, 1.165) is 23.1 Å². The molecule has 2 aromatic carbocycles. The van der Waals surface area contributed by atoms with E-state index in [1.807, 2.05) is 19.1 Å². The Hall–Kier alpha value is -3.47. The molecule has 1 aliphatic heterocycles. The average molecular weight is 442 g/mol. The smallest absolute Gasteiger partial charge is 0.255 e. The third-order valence-electron chi connectivity index (χ3n) is 6.44. The molecular formula is C28H31N3O2. The highest BCUT2D eigenvalue weighted by atomic mass is 16.2. The van der Waals surface area contributed by atoms with Gasteiger partial charge in [0.1, 0.15) is 0 Å². The summed E-state index contributed by atoms with van der Waals surface area (Å²) in [6.07, 6.45) is 5.35. The lowest BCUT2D eigenvalue weighted by Crippen LogP contribution is -2.45.